The molecule has 0 aromatic heterocycles. The summed E-state index contributed by atoms with van der Waals surface area (Å²) in [7, 11) is -3.62. The van der Waals surface area contributed by atoms with Gasteiger partial charge >= 0.3 is 0 Å². The third-order valence-corrected chi connectivity index (χ3v) is 8.22. The lowest BCUT2D eigenvalue weighted by Crippen LogP contribution is -2.53. The maximum atomic E-state index is 14.6. The normalized spacial score (nSPS) is 25.4. The monoisotopic (exact) mass is 409 g/mol. The van der Waals surface area contributed by atoms with Gasteiger partial charge in [0.15, 0.2) is 9.84 Å². The van der Waals surface area contributed by atoms with Crippen LogP contribution in [0.2, 0.25) is 0 Å². The van der Waals surface area contributed by atoms with Gasteiger partial charge in [-0.1, -0.05) is 37.3 Å². The summed E-state index contributed by atoms with van der Waals surface area (Å²) in [5.41, 5.74) is 0.802. The number of hydrogen-bond acceptors (Lipinski definition) is 4. The van der Waals surface area contributed by atoms with Gasteiger partial charge in [0.1, 0.15) is 11.6 Å². The van der Waals surface area contributed by atoms with Crippen molar-refractivity contribution in [1.82, 2.24) is 5.32 Å². The van der Waals surface area contributed by atoms with Crippen LogP contribution in [0.4, 0.5) is 8.78 Å². The van der Waals surface area contributed by atoms with Crippen molar-refractivity contribution >= 4 is 9.84 Å². The molecule has 0 amide bonds. The lowest BCUT2D eigenvalue weighted by atomic mass is 9.97. The Balaban J connectivity index is 1.93. The summed E-state index contributed by atoms with van der Waals surface area (Å²) in [6.45, 7) is 3.33. The van der Waals surface area contributed by atoms with Gasteiger partial charge in [-0.2, -0.15) is 0 Å². The van der Waals surface area contributed by atoms with Crippen molar-refractivity contribution in [3.63, 3.8) is 0 Å². The average Bonchev–Trinajstić information content (AvgIpc) is 2.67. The summed E-state index contributed by atoms with van der Waals surface area (Å²) < 4.78 is 55.5. The highest BCUT2D eigenvalue weighted by molar-refractivity contribution is 7.92. The number of rotatable bonds is 5. The summed E-state index contributed by atoms with van der Waals surface area (Å²) in [4.78, 5) is 0. The third-order valence-electron chi connectivity index (χ3n) is 5.56. The lowest BCUT2D eigenvalue weighted by molar-refractivity contribution is 0.270. The number of sulfone groups is 1. The smallest absolute Gasteiger partial charge is 0.163 e. The molecule has 4 nitrogen and oxygen atoms in total. The molecule has 1 fully saturated rings. The highest BCUT2D eigenvalue weighted by atomic mass is 32.2. The van der Waals surface area contributed by atoms with Gasteiger partial charge < -0.3 is 10.4 Å². The van der Waals surface area contributed by atoms with Crippen molar-refractivity contribution in [3.8, 4) is 0 Å². The first kappa shape index (κ1) is 20.9. The van der Waals surface area contributed by atoms with Gasteiger partial charge in [-0.05, 0) is 42.2 Å². The fourth-order valence-corrected chi connectivity index (χ4v) is 6.12. The molecule has 4 atom stereocenters. The van der Waals surface area contributed by atoms with Gasteiger partial charge in [-0.25, -0.2) is 17.2 Å². The summed E-state index contributed by atoms with van der Waals surface area (Å²) >= 11 is 0. The number of nitrogens with one attached hydrogen (secondary N) is 1. The minimum atomic E-state index is -3.62. The molecule has 1 aliphatic heterocycles. The fraction of sp³-hybridized carbons (Fsp3) is 0.429. The summed E-state index contributed by atoms with van der Waals surface area (Å²) in [5, 5.41) is 10.8. The molecule has 2 aromatic carbocycles. The second kappa shape index (κ2) is 8.27. The van der Waals surface area contributed by atoms with Gasteiger partial charge in [0.2, 0.25) is 0 Å². The molecule has 2 N–H and O–H groups in total. The lowest BCUT2D eigenvalue weighted by Gasteiger charge is -2.35. The van der Waals surface area contributed by atoms with E-state index in [2.05, 4.69) is 5.32 Å². The molecule has 3 rings (SSSR count). The molecule has 152 valence electrons. The van der Waals surface area contributed by atoms with Crippen molar-refractivity contribution in [1.29, 1.82) is 0 Å². The van der Waals surface area contributed by atoms with Gasteiger partial charge in [0, 0.05) is 25.1 Å². The Morgan fingerprint density at radius 3 is 2.50 bits per heavy atom. The molecule has 2 unspecified atom stereocenters. The number of hydrogen-bond donors (Lipinski definition) is 2. The molecule has 28 heavy (non-hydrogen) atoms. The van der Waals surface area contributed by atoms with E-state index in [0.29, 0.717) is 5.56 Å². The van der Waals surface area contributed by atoms with Crippen LogP contribution in [0.5, 0.6) is 0 Å². The molecule has 0 bridgehead atoms. The SMILES string of the molecule is CC(CO)c1cc(F)c(CC2[C@H](C)NC[C@@H](c3ccccc3)S2(=O)=O)cc1F. The molecule has 2 aromatic rings. The standard InChI is InChI=1S/C21H25F2NO3S/c1-13(12-25)17-10-18(22)16(8-19(17)23)9-20-14(2)24-11-21(28(20,26)27)15-6-4-3-5-7-15/h3-8,10,13-14,20-21,24-25H,9,11-12H2,1-2H3/t13?,14-,20?,21-/m0/s1. The maximum absolute atomic E-state index is 14.6. The van der Waals surface area contributed by atoms with E-state index in [1.807, 2.05) is 6.07 Å². The molecule has 0 saturated carbocycles. The van der Waals surface area contributed by atoms with E-state index < -0.39 is 37.9 Å². The van der Waals surface area contributed by atoms with Crippen LogP contribution in [0.15, 0.2) is 42.5 Å². The molecule has 1 aliphatic rings. The second-order valence-corrected chi connectivity index (χ2v) is 9.83. The van der Waals surface area contributed by atoms with Crippen molar-refractivity contribution in [3.05, 3.63) is 70.8 Å². The Hall–Kier alpha value is -1.83. The Morgan fingerprint density at radius 1 is 1.18 bits per heavy atom. The first-order valence-electron chi connectivity index (χ1n) is 9.35. The van der Waals surface area contributed by atoms with Crippen LogP contribution in [0.1, 0.15) is 41.7 Å². The van der Waals surface area contributed by atoms with Crippen LogP contribution in [-0.2, 0) is 16.3 Å². The average molecular weight is 409 g/mol. The molecular formula is C21H25F2NO3S. The van der Waals surface area contributed by atoms with Crippen molar-refractivity contribution in [2.24, 2.45) is 0 Å². The number of aliphatic hydroxyl groups is 1. The van der Waals surface area contributed by atoms with E-state index in [1.54, 1.807) is 38.1 Å². The van der Waals surface area contributed by atoms with Gasteiger partial charge in [-0.15, -0.1) is 0 Å². The molecule has 0 aliphatic carbocycles. The zero-order valence-corrected chi connectivity index (χ0v) is 16.7. The largest absolute Gasteiger partial charge is 0.396 e. The van der Waals surface area contributed by atoms with Crippen LogP contribution in [0.3, 0.4) is 0 Å². The first-order valence-corrected chi connectivity index (χ1v) is 11.0. The van der Waals surface area contributed by atoms with Crippen LogP contribution in [-0.4, -0.2) is 38.0 Å². The highest BCUT2D eigenvalue weighted by Crippen LogP contribution is 2.33. The van der Waals surface area contributed by atoms with Crippen LogP contribution < -0.4 is 5.32 Å². The Kier molecular flexibility index (Phi) is 6.17. The third kappa shape index (κ3) is 3.97. The minimum absolute atomic E-state index is 0.0299. The topological polar surface area (TPSA) is 66.4 Å². The highest BCUT2D eigenvalue weighted by Gasteiger charge is 2.42. The number of halogens is 2. The van der Waals surface area contributed by atoms with E-state index in [4.69, 9.17) is 0 Å². The molecule has 0 radical (unpaired) electrons. The van der Waals surface area contributed by atoms with Crippen LogP contribution in [0.25, 0.3) is 0 Å². The van der Waals surface area contributed by atoms with Crippen molar-refractivity contribution in [2.75, 3.05) is 13.2 Å². The van der Waals surface area contributed by atoms with E-state index in [0.717, 1.165) is 12.1 Å². The predicted molar refractivity (Wildman–Crippen MR) is 105 cm³/mol. The Labute approximate surface area is 164 Å². The van der Waals surface area contributed by atoms with Crippen molar-refractivity contribution in [2.45, 2.75) is 42.7 Å². The van der Waals surface area contributed by atoms with Crippen LogP contribution in [0, 0.1) is 11.6 Å². The molecule has 1 heterocycles. The zero-order chi connectivity index (χ0) is 20.5. The Morgan fingerprint density at radius 2 is 1.86 bits per heavy atom. The van der Waals surface area contributed by atoms with Gasteiger partial charge in [-0.3, -0.25) is 0 Å². The summed E-state index contributed by atoms with van der Waals surface area (Å²) in [6.07, 6.45) is -0.115. The van der Waals surface area contributed by atoms with E-state index in [1.165, 1.54) is 0 Å². The van der Waals surface area contributed by atoms with E-state index in [-0.39, 0.29) is 36.7 Å². The quantitative estimate of drug-likeness (QED) is 0.796. The van der Waals surface area contributed by atoms with Gasteiger partial charge in [0.25, 0.3) is 0 Å². The first-order chi connectivity index (χ1) is 13.3. The van der Waals surface area contributed by atoms with Crippen molar-refractivity contribution < 1.29 is 22.3 Å². The maximum Gasteiger partial charge on any atom is 0.163 e. The molecule has 1 saturated heterocycles. The number of aliphatic hydroxyl groups excluding tert-OH is 1. The molecular weight excluding hydrogens is 384 g/mol. The molecule has 7 heteroatoms. The summed E-state index contributed by atoms with van der Waals surface area (Å²) in [5.74, 6) is -1.82. The minimum Gasteiger partial charge on any atom is -0.396 e. The fourth-order valence-electron chi connectivity index (χ4n) is 3.76. The predicted octanol–water partition coefficient (Wildman–Crippen LogP) is 3.12. The summed E-state index contributed by atoms with van der Waals surface area (Å²) in [6, 6.07) is 10.7. The number of benzene rings is 2. The zero-order valence-electron chi connectivity index (χ0n) is 15.9. The van der Waals surface area contributed by atoms with E-state index in [9.17, 15) is 22.3 Å². The van der Waals surface area contributed by atoms with Crippen LogP contribution >= 0.6 is 0 Å². The second-order valence-electron chi connectivity index (χ2n) is 7.48. The Bertz CT molecular complexity index is 934. The molecule has 0 spiro atoms. The van der Waals surface area contributed by atoms with Gasteiger partial charge in [0.05, 0.1) is 10.5 Å². The van der Waals surface area contributed by atoms with E-state index >= 15 is 0 Å².